The molecule has 0 saturated carbocycles. The number of benzene rings is 2. The van der Waals surface area contributed by atoms with Gasteiger partial charge in [0.1, 0.15) is 6.26 Å². The molecular weight excluding hydrogens is 314 g/mol. The molecule has 1 heterocycles. The van der Waals surface area contributed by atoms with Crippen molar-refractivity contribution < 1.29 is 9.21 Å². The Balaban J connectivity index is 1.71. The van der Waals surface area contributed by atoms with Gasteiger partial charge in [-0.15, -0.1) is 0 Å². The van der Waals surface area contributed by atoms with Crippen LogP contribution in [0.15, 0.2) is 53.1 Å². The second kappa shape index (κ2) is 7.49. The van der Waals surface area contributed by atoms with Crippen LogP contribution >= 0.6 is 0 Å². The van der Waals surface area contributed by atoms with Gasteiger partial charge in [0.2, 0.25) is 5.89 Å². The van der Waals surface area contributed by atoms with Crippen molar-refractivity contribution in [2.45, 2.75) is 38.8 Å². The van der Waals surface area contributed by atoms with Crippen LogP contribution in [0, 0.1) is 0 Å². The second-order valence-electron chi connectivity index (χ2n) is 6.27. The van der Waals surface area contributed by atoms with E-state index < -0.39 is 0 Å². The number of oxazole rings is 1. The van der Waals surface area contributed by atoms with Crippen molar-refractivity contribution in [2.24, 2.45) is 5.73 Å². The molecule has 0 radical (unpaired) electrons. The highest BCUT2D eigenvalue weighted by atomic mass is 16.3. The van der Waals surface area contributed by atoms with Crippen LogP contribution in [-0.4, -0.2) is 10.9 Å². The topological polar surface area (TPSA) is 81.1 Å². The van der Waals surface area contributed by atoms with Crippen LogP contribution in [0.4, 0.5) is 0 Å². The van der Waals surface area contributed by atoms with Gasteiger partial charge in [-0.3, -0.25) is 4.79 Å². The molecule has 2 unspecified atom stereocenters. The predicted molar refractivity (Wildman–Crippen MR) is 98.2 cm³/mol. The first-order chi connectivity index (χ1) is 12.1. The molecule has 5 heteroatoms. The summed E-state index contributed by atoms with van der Waals surface area (Å²) >= 11 is 0. The Bertz CT molecular complexity index is 872. The summed E-state index contributed by atoms with van der Waals surface area (Å²) in [6.45, 7) is 3.99. The minimum absolute atomic E-state index is 0.137. The summed E-state index contributed by atoms with van der Waals surface area (Å²) in [7, 11) is 0. The van der Waals surface area contributed by atoms with Crippen molar-refractivity contribution in [3.63, 3.8) is 0 Å². The first kappa shape index (κ1) is 17.2. The van der Waals surface area contributed by atoms with E-state index in [9.17, 15) is 4.79 Å². The average Bonchev–Trinajstić information content (AvgIpc) is 3.12. The van der Waals surface area contributed by atoms with Gasteiger partial charge in [-0.1, -0.05) is 49.7 Å². The summed E-state index contributed by atoms with van der Waals surface area (Å²) in [5.74, 6) is 0.143. The first-order valence-corrected chi connectivity index (χ1v) is 8.59. The predicted octanol–water partition coefficient (Wildman–Crippen LogP) is 4.12. The van der Waals surface area contributed by atoms with Gasteiger partial charge in [-0.2, -0.15) is 0 Å². The number of hydrogen-bond acceptors (Lipinski definition) is 4. The van der Waals surface area contributed by atoms with Crippen LogP contribution in [0.3, 0.4) is 0 Å². The first-order valence-electron chi connectivity index (χ1n) is 8.59. The highest BCUT2D eigenvalue weighted by Crippen LogP contribution is 2.21. The Morgan fingerprint density at radius 3 is 2.76 bits per heavy atom. The smallest absolute Gasteiger partial charge is 0.273 e. The van der Waals surface area contributed by atoms with Crippen LogP contribution in [0.5, 0.6) is 0 Å². The van der Waals surface area contributed by atoms with Crippen molar-refractivity contribution in [1.82, 2.24) is 10.3 Å². The van der Waals surface area contributed by atoms with E-state index in [1.807, 2.05) is 32.0 Å². The van der Waals surface area contributed by atoms with Crippen LogP contribution in [-0.2, 0) is 0 Å². The number of carbonyl (C=O) groups excluding carboxylic acids is 1. The maximum Gasteiger partial charge on any atom is 0.273 e. The molecule has 5 nitrogen and oxygen atoms in total. The lowest BCUT2D eigenvalue weighted by molar-refractivity contribution is 0.0935. The molecule has 2 atom stereocenters. The average molecular weight is 337 g/mol. The fourth-order valence-corrected chi connectivity index (χ4v) is 2.83. The number of amides is 1. The fraction of sp³-hybridized carbons (Fsp3) is 0.300. The van der Waals surface area contributed by atoms with E-state index >= 15 is 0 Å². The third kappa shape index (κ3) is 3.88. The molecule has 3 rings (SSSR count). The Morgan fingerprint density at radius 2 is 2.00 bits per heavy atom. The lowest BCUT2D eigenvalue weighted by atomic mass is 10.0. The molecule has 25 heavy (non-hydrogen) atoms. The van der Waals surface area contributed by atoms with E-state index in [1.54, 1.807) is 0 Å². The molecule has 2 aromatic carbocycles. The zero-order valence-electron chi connectivity index (χ0n) is 14.5. The minimum atomic E-state index is -0.274. The highest BCUT2D eigenvalue weighted by molar-refractivity contribution is 5.92. The lowest BCUT2D eigenvalue weighted by Crippen LogP contribution is -2.27. The van der Waals surface area contributed by atoms with Gasteiger partial charge in [-0.25, -0.2) is 4.98 Å². The van der Waals surface area contributed by atoms with E-state index in [0.717, 1.165) is 23.8 Å². The van der Waals surface area contributed by atoms with Gasteiger partial charge in [-0.05, 0) is 35.7 Å². The molecule has 3 aromatic rings. The van der Waals surface area contributed by atoms with Gasteiger partial charge < -0.3 is 15.5 Å². The maximum atomic E-state index is 12.4. The number of hydrogen-bond donors (Lipinski definition) is 2. The number of nitrogens with one attached hydrogen (secondary N) is 1. The Hall–Kier alpha value is -2.66. The van der Waals surface area contributed by atoms with Crippen molar-refractivity contribution in [1.29, 1.82) is 0 Å². The quantitative estimate of drug-likeness (QED) is 0.709. The van der Waals surface area contributed by atoms with Crippen LogP contribution < -0.4 is 11.1 Å². The molecule has 0 bridgehead atoms. The van der Waals surface area contributed by atoms with Gasteiger partial charge >= 0.3 is 0 Å². The summed E-state index contributed by atoms with van der Waals surface area (Å²) in [6, 6.07) is 13.9. The number of rotatable bonds is 6. The van der Waals surface area contributed by atoms with E-state index in [4.69, 9.17) is 10.2 Å². The summed E-state index contributed by atoms with van der Waals surface area (Å²) < 4.78 is 5.35. The monoisotopic (exact) mass is 337 g/mol. The number of nitrogens with two attached hydrogens (primary N) is 1. The Morgan fingerprint density at radius 1 is 1.24 bits per heavy atom. The molecule has 1 amide bonds. The van der Waals surface area contributed by atoms with E-state index in [0.29, 0.717) is 5.89 Å². The number of carbonyl (C=O) groups is 1. The lowest BCUT2D eigenvalue weighted by Gasteiger charge is -2.14. The molecule has 3 N–H and O–H groups in total. The molecule has 0 fully saturated rings. The normalized spacial score (nSPS) is 13.6. The minimum Gasteiger partial charge on any atom is -0.446 e. The van der Waals surface area contributed by atoms with Gasteiger partial charge in [0.15, 0.2) is 5.69 Å². The largest absolute Gasteiger partial charge is 0.446 e. The van der Waals surface area contributed by atoms with Crippen molar-refractivity contribution in [3.05, 3.63) is 65.9 Å². The molecule has 0 saturated heterocycles. The molecule has 0 aliphatic heterocycles. The van der Waals surface area contributed by atoms with Gasteiger partial charge in [0, 0.05) is 0 Å². The molecule has 0 aliphatic rings. The number of fused-ring (bicyclic) bond motifs is 1. The Labute approximate surface area is 147 Å². The van der Waals surface area contributed by atoms with Crippen LogP contribution in [0.1, 0.15) is 60.7 Å². The second-order valence-corrected chi connectivity index (χ2v) is 6.27. The maximum absolute atomic E-state index is 12.4. The highest BCUT2D eigenvalue weighted by Gasteiger charge is 2.18. The SMILES string of the molecule is CCCC(N)c1nc(C(=O)NC(C)c2ccc3ccccc3c2)co1. The summed E-state index contributed by atoms with van der Waals surface area (Å²) in [5.41, 5.74) is 7.27. The molecule has 1 aromatic heterocycles. The van der Waals surface area contributed by atoms with E-state index in [2.05, 4.69) is 34.6 Å². The van der Waals surface area contributed by atoms with E-state index in [-0.39, 0.29) is 23.7 Å². The third-order valence-electron chi connectivity index (χ3n) is 4.29. The summed E-state index contributed by atoms with van der Waals surface area (Å²) in [4.78, 5) is 16.6. The van der Waals surface area contributed by atoms with Gasteiger partial charge in [0.05, 0.1) is 12.1 Å². The third-order valence-corrected chi connectivity index (χ3v) is 4.29. The van der Waals surface area contributed by atoms with Gasteiger partial charge in [0.25, 0.3) is 5.91 Å². The van der Waals surface area contributed by atoms with Crippen LogP contribution in [0.25, 0.3) is 10.8 Å². The van der Waals surface area contributed by atoms with Crippen molar-refractivity contribution in [3.8, 4) is 0 Å². The zero-order valence-corrected chi connectivity index (χ0v) is 14.5. The van der Waals surface area contributed by atoms with E-state index in [1.165, 1.54) is 11.6 Å². The molecular formula is C20H23N3O2. The zero-order chi connectivity index (χ0) is 17.8. The standard InChI is InChI=1S/C20H23N3O2/c1-3-6-17(21)20-23-18(12-25-20)19(24)22-13(2)15-10-9-14-7-4-5-8-16(14)11-15/h4-5,7-13,17H,3,6,21H2,1-2H3,(H,22,24). The van der Waals surface area contributed by atoms with Crippen LogP contribution in [0.2, 0.25) is 0 Å². The molecule has 0 aliphatic carbocycles. The number of nitrogens with zero attached hydrogens (tertiary/aromatic N) is 1. The summed E-state index contributed by atoms with van der Waals surface area (Å²) in [5, 5.41) is 5.28. The summed E-state index contributed by atoms with van der Waals surface area (Å²) in [6.07, 6.45) is 3.08. The Kier molecular flexibility index (Phi) is 5.14. The van der Waals surface area contributed by atoms with Crippen molar-refractivity contribution in [2.75, 3.05) is 0 Å². The van der Waals surface area contributed by atoms with Crippen molar-refractivity contribution >= 4 is 16.7 Å². The molecule has 130 valence electrons. The fourth-order valence-electron chi connectivity index (χ4n) is 2.83. The number of aromatic nitrogens is 1. The molecule has 0 spiro atoms.